The van der Waals surface area contributed by atoms with Crippen LogP contribution >= 0.6 is 0 Å². The number of ether oxygens (including phenoxy) is 1. The topological polar surface area (TPSA) is 32.8 Å². The van der Waals surface area contributed by atoms with Gasteiger partial charge in [0, 0.05) is 25.2 Å². The number of amides is 1. The quantitative estimate of drug-likeness (QED) is 0.776. The summed E-state index contributed by atoms with van der Waals surface area (Å²) in [5.74, 6) is 1.53. The maximum absolute atomic E-state index is 12.6. The second-order valence-corrected chi connectivity index (χ2v) is 7.56. The Morgan fingerprint density at radius 2 is 1.75 bits per heavy atom. The van der Waals surface area contributed by atoms with Crippen molar-refractivity contribution in [3.63, 3.8) is 0 Å². The monoisotopic (exact) mass is 282 g/mol. The number of nitrogens with zero attached hydrogens (tertiary/aromatic N) is 2. The lowest BCUT2D eigenvalue weighted by Crippen LogP contribution is -2.58. The van der Waals surface area contributed by atoms with Crippen molar-refractivity contribution >= 4 is 5.91 Å². The van der Waals surface area contributed by atoms with Gasteiger partial charge in [-0.05, 0) is 39.0 Å². The molecule has 2 aliphatic rings. The zero-order valence-corrected chi connectivity index (χ0v) is 13.7. The number of likely N-dealkylation sites (tertiary alicyclic amines) is 1. The van der Waals surface area contributed by atoms with Crippen molar-refractivity contribution in [3.8, 4) is 0 Å². The Balaban J connectivity index is 1.96. The molecule has 2 rings (SSSR count). The van der Waals surface area contributed by atoms with Crippen molar-refractivity contribution in [3.05, 3.63) is 0 Å². The van der Waals surface area contributed by atoms with E-state index in [2.05, 4.69) is 44.4 Å². The molecule has 0 spiro atoms. The normalized spacial score (nSPS) is 35.0. The summed E-state index contributed by atoms with van der Waals surface area (Å²) in [6.07, 6.45) is 1.46. The van der Waals surface area contributed by atoms with Gasteiger partial charge in [0.25, 0.3) is 0 Å². The molecule has 4 nitrogen and oxygen atoms in total. The van der Waals surface area contributed by atoms with Crippen molar-refractivity contribution in [2.24, 2.45) is 11.8 Å². The second kappa shape index (κ2) is 6.02. The highest BCUT2D eigenvalue weighted by molar-refractivity contribution is 5.78. The molecule has 2 heterocycles. The third kappa shape index (κ3) is 3.73. The van der Waals surface area contributed by atoms with Gasteiger partial charge in [0.15, 0.2) is 0 Å². The average molecular weight is 282 g/mol. The molecule has 4 heteroatoms. The van der Waals surface area contributed by atoms with Crippen LogP contribution in [0.3, 0.4) is 0 Å². The van der Waals surface area contributed by atoms with E-state index in [1.165, 1.54) is 6.42 Å². The van der Waals surface area contributed by atoms with Crippen LogP contribution in [0.5, 0.6) is 0 Å². The molecule has 0 saturated carbocycles. The van der Waals surface area contributed by atoms with Gasteiger partial charge in [-0.15, -0.1) is 0 Å². The standard InChI is InChI=1S/C16H30N2O2/c1-12-6-13(2)8-17(7-12)15(19)10-18-9-14(3)20-11-16(18,4)5/h12-14H,6-11H2,1-5H3/t12-,13-,14+/m1/s1. The van der Waals surface area contributed by atoms with E-state index in [0.29, 0.717) is 25.0 Å². The molecule has 116 valence electrons. The summed E-state index contributed by atoms with van der Waals surface area (Å²) in [4.78, 5) is 16.9. The van der Waals surface area contributed by atoms with E-state index in [1.807, 2.05) is 0 Å². The summed E-state index contributed by atoms with van der Waals surface area (Å²) < 4.78 is 5.72. The predicted molar refractivity (Wildman–Crippen MR) is 80.6 cm³/mol. The van der Waals surface area contributed by atoms with Crippen LogP contribution in [0.25, 0.3) is 0 Å². The highest BCUT2D eigenvalue weighted by atomic mass is 16.5. The molecule has 2 fully saturated rings. The fourth-order valence-electron chi connectivity index (χ4n) is 3.46. The molecule has 0 aromatic carbocycles. The lowest BCUT2D eigenvalue weighted by atomic mass is 9.92. The van der Waals surface area contributed by atoms with Crippen molar-refractivity contribution < 1.29 is 9.53 Å². The van der Waals surface area contributed by atoms with E-state index >= 15 is 0 Å². The molecule has 3 atom stereocenters. The summed E-state index contributed by atoms with van der Waals surface area (Å²) in [5, 5.41) is 0. The molecule has 2 aliphatic heterocycles. The summed E-state index contributed by atoms with van der Waals surface area (Å²) in [7, 11) is 0. The van der Waals surface area contributed by atoms with Crippen LogP contribution < -0.4 is 0 Å². The third-order valence-electron chi connectivity index (χ3n) is 4.60. The van der Waals surface area contributed by atoms with E-state index < -0.39 is 0 Å². The lowest BCUT2D eigenvalue weighted by Gasteiger charge is -2.45. The molecule has 2 saturated heterocycles. The Hall–Kier alpha value is -0.610. The van der Waals surface area contributed by atoms with Crippen LogP contribution in [-0.4, -0.2) is 60.1 Å². The highest BCUT2D eigenvalue weighted by Crippen LogP contribution is 2.24. The first kappa shape index (κ1) is 15.8. The van der Waals surface area contributed by atoms with Gasteiger partial charge >= 0.3 is 0 Å². The van der Waals surface area contributed by atoms with Crippen LogP contribution in [0.1, 0.15) is 41.0 Å². The van der Waals surface area contributed by atoms with Gasteiger partial charge in [0.1, 0.15) is 0 Å². The van der Waals surface area contributed by atoms with E-state index in [4.69, 9.17) is 4.74 Å². The van der Waals surface area contributed by atoms with Crippen LogP contribution in [-0.2, 0) is 9.53 Å². The Morgan fingerprint density at radius 1 is 1.15 bits per heavy atom. The van der Waals surface area contributed by atoms with Gasteiger partial charge in [-0.1, -0.05) is 13.8 Å². The fraction of sp³-hybridized carbons (Fsp3) is 0.938. The summed E-state index contributed by atoms with van der Waals surface area (Å²) in [6, 6.07) is 0. The summed E-state index contributed by atoms with van der Waals surface area (Å²) in [5.41, 5.74) is -0.0464. The van der Waals surface area contributed by atoms with Crippen molar-refractivity contribution in [1.29, 1.82) is 0 Å². The highest BCUT2D eigenvalue weighted by Gasteiger charge is 2.36. The molecule has 1 amide bonds. The molecule has 0 unspecified atom stereocenters. The smallest absolute Gasteiger partial charge is 0.236 e. The minimum absolute atomic E-state index is 0.0464. The maximum Gasteiger partial charge on any atom is 0.236 e. The Kier molecular flexibility index (Phi) is 4.75. The molecule has 0 bridgehead atoms. The third-order valence-corrected chi connectivity index (χ3v) is 4.60. The molecule has 0 aromatic heterocycles. The molecule has 0 aliphatic carbocycles. The SMILES string of the molecule is C[C@@H]1C[C@@H](C)CN(C(=O)CN2C[C@H](C)OCC2(C)C)C1. The Morgan fingerprint density at radius 3 is 2.35 bits per heavy atom. The van der Waals surface area contributed by atoms with Gasteiger partial charge in [-0.3, -0.25) is 9.69 Å². The first-order valence-electron chi connectivity index (χ1n) is 7.92. The number of hydrogen-bond acceptors (Lipinski definition) is 3. The van der Waals surface area contributed by atoms with Crippen LogP contribution in [0.4, 0.5) is 0 Å². The van der Waals surface area contributed by atoms with Crippen molar-refractivity contribution in [2.75, 3.05) is 32.8 Å². The van der Waals surface area contributed by atoms with E-state index in [1.54, 1.807) is 0 Å². The minimum Gasteiger partial charge on any atom is -0.375 e. The second-order valence-electron chi connectivity index (χ2n) is 7.56. The van der Waals surface area contributed by atoms with E-state index in [9.17, 15) is 4.79 Å². The maximum atomic E-state index is 12.6. The largest absolute Gasteiger partial charge is 0.375 e. The molecular weight excluding hydrogens is 252 g/mol. The van der Waals surface area contributed by atoms with E-state index in [-0.39, 0.29) is 17.6 Å². The van der Waals surface area contributed by atoms with Crippen LogP contribution in [0.2, 0.25) is 0 Å². The van der Waals surface area contributed by atoms with Crippen molar-refractivity contribution in [1.82, 2.24) is 9.80 Å². The summed E-state index contributed by atoms with van der Waals surface area (Å²) in [6.45, 7) is 14.8. The number of rotatable bonds is 2. The van der Waals surface area contributed by atoms with Crippen LogP contribution in [0, 0.1) is 11.8 Å². The molecular formula is C16H30N2O2. The number of carbonyl (C=O) groups is 1. The molecule has 0 radical (unpaired) electrons. The van der Waals surface area contributed by atoms with Gasteiger partial charge < -0.3 is 9.64 Å². The zero-order chi connectivity index (χ0) is 14.9. The van der Waals surface area contributed by atoms with Gasteiger partial charge in [0.2, 0.25) is 5.91 Å². The summed E-state index contributed by atoms with van der Waals surface area (Å²) >= 11 is 0. The lowest BCUT2D eigenvalue weighted by molar-refractivity contribution is -0.143. The molecule has 20 heavy (non-hydrogen) atoms. The van der Waals surface area contributed by atoms with Gasteiger partial charge in [0.05, 0.1) is 19.3 Å². The zero-order valence-electron chi connectivity index (χ0n) is 13.7. The van der Waals surface area contributed by atoms with Crippen molar-refractivity contribution in [2.45, 2.75) is 52.7 Å². The number of morpholine rings is 1. The number of piperidine rings is 1. The van der Waals surface area contributed by atoms with Gasteiger partial charge in [-0.25, -0.2) is 0 Å². The predicted octanol–water partition coefficient (Wildman–Crippen LogP) is 1.99. The Labute approximate surface area is 123 Å². The fourth-order valence-corrected chi connectivity index (χ4v) is 3.46. The Bertz CT molecular complexity index is 346. The van der Waals surface area contributed by atoms with Crippen LogP contribution in [0.15, 0.2) is 0 Å². The number of hydrogen-bond donors (Lipinski definition) is 0. The first-order chi connectivity index (χ1) is 9.28. The molecule has 0 aromatic rings. The average Bonchev–Trinajstić information content (AvgIpc) is 2.33. The molecule has 0 N–H and O–H groups in total. The van der Waals surface area contributed by atoms with Gasteiger partial charge in [-0.2, -0.15) is 0 Å². The number of carbonyl (C=O) groups excluding carboxylic acids is 1. The van der Waals surface area contributed by atoms with E-state index in [0.717, 1.165) is 19.6 Å². The first-order valence-corrected chi connectivity index (χ1v) is 7.92. The minimum atomic E-state index is -0.0464.